The number of rotatable bonds is 5. The second kappa shape index (κ2) is 7.12. The predicted octanol–water partition coefficient (Wildman–Crippen LogP) is 2.95. The van der Waals surface area contributed by atoms with Gasteiger partial charge < -0.3 is 0 Å². The fraction of sp³-hybridized carbons (Fsp3) is 0.0526. The number of hydrogen-bond acceptors (Lipinski definition) is 1. The first kappa shape index (κ1) is 13.9. The summed E-state index contributed by atoms with van der Waals surface area (Å²) in [5, 5.41) is 3.46. The molecule has 0 heterocycles. The van der Waals surface area contributed by atoms with Gasteiger partial charge >= 0.3 is 132 Å². The van der Waals surface area contributed by atoms with Gasteiger partial charge in [-0.15, -0.1) is 0 Å². The molecule has 0 fully saturated rings. The van der Waals surface area contributed by atoms with Gasteiger partial charge in [0, 0.05) is 0 Å². The molecular weight excluding hydrogens is 321 g/mol. The monoisotopic (exact) mass is 339 g/mol. The first-order valence-corrected chi connectivity index (χ1v) is 8.72. The summed E-state index contributed by atoms with van der Waals surface area (Å²) in [4.78, 5) is 0. The van der Waals surface area contributed by atoms with E-state index in [4.69, 9.17) is 0 Å². The van der Waals surface area contributed by atoms with Gasteiger partial charge in [-0.05, 0) is 0 Å². The molecule has 104 valence electrons. The van der Waals surface area contributed by atoms with Crippen LogP contribution in [0.25, 0.3) is 0 Å². The summed E-state index contributed by atoms with van der Waals surface area (Å²) in [6.07, 6.45) is 0. The Kier molecular flexibility index (Phi) is 4.73. The summed E-state index contributed by atoms with van der Waals surface area (Å²) in [7, 11) is 0. The summed E-state index contributed by atoms with van der Waals surface area (Å²) >= 11 is 0.388. The van der Waals surface area contributed by atoms with Crippen LogP contribution in [0.1, 0.15) is 5.56 Å². The van der Waals surface area contributed by atoms with E-state index in [0.717, 1.165) is 6.54 Å². The van der Waals surface area contributed by atoms with Gasteiger partial charge in [-0.3, -0.25) is 0 Å². The van der Waals surface area contributed by atoms with Crippen LogP contribution in [0.3, 0.4) is 0 Å². The van der Waals surface area contributed by atoms with Crippen molar-refractivity contribution in [1.29, 1.82) is 0 Å². The van der Waals surface area contributed by atoms with Gasteiger partial charge in [-0.2, -0.15) is 0 Å². The van der Waals surface area contributed by atoms with E-state index in [0.29, 0.717) is 15.0 Å². The molecule has 0 aliphatic carbocycles. The summed E-state index contributed by atoms with van der Waals surface area (Å²) in [6.45, 7) is 0.865. The first-order valence-electron chi connectivity index (χ1n) is 7.01. The Morgan fingerprint density at radius 2 is 1.19 bits per heavy atom. The van der Waals surface area contributed by atoms with Crippen LogP contribution in [-0.2, 0) is 6.54 Å². The molecule has 1 N–H and O–H groups in total. The van der Waals surface area contributed by atoms with E-state index in [2.05, 4.69) is 84.2 Å². The molecule has 0 amide bonds. The molecule has 2 heteroatoms. The van der Waals surface area contributed by atoms with Crippen molar-refractivity contribution in [3.05, 3.63) is 90.5 Å². The van der Waals surface area contributed by atoms with Gasteiger partial charge in [-0.1, -0.05) is 0 Å². The molecule has 3 rings (SSSR count). The Morgan fingerprint density at radius 1 is 0.619 bits per heavy atom. The molecular formula is C19H17NSe. The average Bonchev–Trinajstić information content (AvgIpc) is 2.56. The molecule has 0 bridgehead atoms. The minimum absolute atomic E-state index is 0.388. The van der Waals surface area contributed by atoms with E-state index >= 15 is 0 Å². The summed E-state index contributed by atoms with van der Waals surface area (Å²) < 4.78 is 2.81. The Balaban J connectivity index is 1.59. The van der Waals surface area contributed by atoms with Crippen molar-refractivity contribution in [2.45, 2.75) is 6.54 Å². The second-order valence-corrected chi connectivity index (χ2v) is 7.18. The van der Waals surface area contributed by atoms with Gasteiger partial charge in [0.25, 0.3) is 0 Å². The molecule has 0 radical (unpaired) electrons. The predicted molar refractivity (Wildman–Crippen MR) is 91.7 cm³/mol. The molecule has 0 aliphatic rings. The van der Waals surface area contributed by atoms with Gasteiger partial charge in [0.1, 0.15) is 0 Å². The van der Waals surface area contributed by atoms with Gasteiger partial charge in [0.15, 0.2) is 0 Å². The first-order chi connectivity index (χ1) is 10.4. The zero-order valence-electron chi connectivity index (χ0n) is 11.7. The average molecular weight is 338 g/mol. The van der Waals surface area contributed by atoms with Crippen LogP contribution >= 0.6 is 0 Å². The van der Waals surface area contributed by atoms with Crippen LogP contribution in [-0.4, -0.2) is 15.0 Å². The van der Waals surface area contributed by atoms with E-state index in [-0.39, 0.29) is 0 Å². The van der Waals surface area contributed by atoms with E-state index < -0.39 is 0 Å². The maximum atomic E-state index is 3.46. The molecule has 21 heavy (non-hydrogen) atoms. The van der Waals surface area contributed by atoms with Crippen LogP contribution in [0.2, 0.25) is 0 Å². The Labute approximate surface area is 132 Å². The Hall–Kier alpha value is -2.02. The summed E-state index contributed by atoms with van der Waals surface area (Å²) in [6, 6.07) is 29.9. The molecule has 0 saturated heterocycles. The van der Waals surface area contributed by atoms with Gasteiger partial charge in [-0.25, -0.2) is 0 Å². The molecule has 0 unspecified atom stereocenters. The van der Waals surface area contributed by atoms with Crippen molar-refractivity contribution >= 4 is 29.6 Å². The quantitative estimate of drug-likeness (QED) is 0.706. The normalized spacial score (nSPS) is 10.3. The summed E-state index contributed by atoms with van der Waals surface area (Å²) in [5.41, 5.74) is 2.47. The third-order valence-electron chi connectivity index (χ3n) is 3.17. The Bertz CT molecular complexity index is 663. The van der Waals surface area contributed by atoms with Crippen molar-refractivity contribution in [2.75, 3.05) is 5.32 Å². The van der Waals surface area contributed by atoms with E-state index in [1.807, 2.05) is 6.07 Å². The second-order valence-electron chi connectivity index (χ2n) is 4.78. The van der Waals surface area contributed by atoms with Crippen molar-refractivity contribution in [2.24, 2.45) is 0 Å². The van der Waals surface area contributed by atoms with Crippen molar-refractivity contribution in [3.63, 3.8) is 0 Å². The molecule has 3 aromatic rings. The van der Waals surface area contributed by atoms with Crippen LogP contribution in [0.15, 0.2) is 84.9 Å². The number of nitrogens with one attached hydrogen (secondary N) is 1. The van der Waals surface area contributed by atoms with E-state index in [9.17, 15) is 0 Å². The van der Waals surface area contributed by atoms with Crippen LogP contribution in [0.5, 0.6) is 0 Å². The van der Waals surface area contributed by atoms with Gasteiger partial charge in [0.05, 0.1) is 0 Å². The maximum absolute atomic E-state index is 3.46. The molecule has 0 spiro atoms. The SMILES string of the molecule is c1ccc(CNc2ccc([Se]c3ccccc3)cc2)cc1. The molecule has 0 saturated carbocycles. The van der Waals surface area contributed by atoms with Crippen LogP contribution < -0.4 is 14.2 Å². The van der Waals surface area contributed by atoms with Crippen LogP contribution in [0.4, 0.5) is 5.69 Å². The number of benzene rings is 3. The topological polar surface area (TPSA) is 12.0 Å². The summed E-state index contributed by atoms with van der Waals surface area (Å²) in [5.74, 6) is 0. The zero-order chi connectivity index (χ0) is 14.3. The standard InChI is InChI=1S/C19H17NSe/c1-3-7-16(8-4-1)15-20-17-11-13-19(14-12-17)21-18-9-5-2-6-10-18/h1-14,20H,15H2. The molecule has 0 atom stereocenters. The number of hydrogen-bond donors (Lipinski definition) is 1. The van der Waals surface area contributed by atoms with E-state index in [1.165, 1.54) is 20.2 Å². The molecule has 0 aromatic heterocycles. The Morgan fingerprint density at radius 3 is 1.86 bits per heavy atom. The van der Waals surface area contributed by atoms with Crippen molar-refractivity contribution in [1.82, 2.24) is 0 Å². The van der Waals surface area contributed by atoms with Crippen molar-refractivity contribution < 1.29 is 0 Å². The third kappa shape index (κ3) is 4.22. The molecule has 3 aromatic carbocycles. The fourth-order valence-corrected chi connectivity index (χ4v) is 3.82. The molecule has 0 aliphatic heterocycles. The molecule has 1 nitrogen and oxygen atoms in total. The number of anilines is 1. The van der Waals surface area contributed by atoms with Crippen LogP contribution in [0, 0.1) is 0 Å². The van der Waals surface area contributed by atoms with Crippen molar-refractivity contribution in [3.8, 4) is 0 Å². The fourth-order valence-electron chi connectivity index (χ4n) is 2.07. The minimum atomic E-state index is 0.388. The van der Waals surface area contributed by atoms with Gasteiger partial charge in [0.2, 0.25) is 0 Å². The third-order valence-corrected chi connectivity index (χ3v) is 5.30. The zero-order valence-corrected chi connectivity index (χ0v) is 13.4. The van der Waals surface area contributed by atoms with E-state index in [1.54, 1.807) is 0 Å².